The Kier molecular flexibility index (Phi) is 6.11. The first kappa shape index (κ1) is 14.8. The van der Waals surface area contributed by atoms with Crippen molar-refractivity contribution in [2.24, 2.45) is 5.92 Å². The highest BCUT2D eigenvalue weighted by molar-refractivity contribution is 5.78. The minimum atomic E-state index is 0.303. The lowest BCUT2D eigenvalue weighted by molar-refractivity contribution is -0.132. The van der Waals surface area contributed by atoms with E-state index in [9.17, 15) is 4.79 Å². The van der Waals surface area contributed by atoms with Gasteiger partial charge < -0.3 is 10.2 Å². The second-order valence-electron chi connectivity index (χ2n) is 6.19. The van der Waals surface area contributed by atoms with Gasteiger partial charge in [0.1, 0.15) is 0 Å². The molecule has 110 valence electrons. The van der Waals surface area contributed by atoms with E-state index >= 15 is 0 Å². The maximum Gasteiger partial charge on any atom is 0.236 e. The molecule has 0 aromatic heterocycles. The molecule has 0 aromatic carbocycles. The monoisotopic (exact) mass is 267 g/mol. The van der Waals surface area contributed by atoms with Gasteiger partial charge in [-0.2, -0.15) is 0 Å². The fourth-order valence-corrected chi connectivity index (χ4v) is 3.30. The molecule has 0 unspecified atom stereocenters. The zero-order valence-electron chi connectivity index (χ0n) is 12.4. The van der Waals surface area contributed by atoms with Crippen LogP contribution in [0, 0.1) is 5.92 Å². The highest BCUT2D eigenvalue weighted by Gasteiger charge is 2.20. The summed E-state index contributed by atoms with van der Waals surface area (Å²) in [6.07, 6.45) is 8.27. The number of likely N-dealkylation sites (N-methyl/N-ethyl adjacent to an activating group) is 1. The number of piperazine rings is 1. The van der Waals surface area contributed by atoms with Crippen LogP contribution in [0.5, 0.6) is 0 Å². The highest BCUT2D eigenvalue weighted by Crippen LogP contribution is 2.23. The van der Waals surface area contributed by atoms with Gasteiger partial charge in [0.05, 0.1) is 6.54 Å². The van der Waals surface area contributed by atoms with E-state index in [1.165, 1.54) is 38.5 Å². The van der Waals surface area contributed by atoms with Crippen molar-refractivity contribution >= 4 is 5.91 Å². The molecule has 4 nitrogen and oxygen atoms in total. The molecule has 1 saturated heterocycles. The molecule has 1 saturated carbocycles. The quantitative estimate of drug-likeness (QED) is 0.780. The first-order chi connectivity index (χ1) is 9.25. The third kappa shape index (κ3) is 5.11. The maximum absolute atomic E-state index is 12.2. The van der Waals surface area contributed by atoms with Gasteiger partial charge in [-0.3, -0.25) is 9.69 Å². The molecule has 0 atom stereocenters. The van der Waals surface area contributed by atoms with E-state index in [1.54, 1.807) is 0 Å². The van der Waals surface area contributed by atoms with Gasteiger partial charge in [-0.15, -0.1) is 0 Å². The fraction of sp³-hybridized carbons (Fsp3) is 0.933. The number of carbonyl (C=O) groups excluding carboxylic acids is 1. The summed E-state index contributed by atoms with van der Waals surface area (Å²) in [4.78, 5) is 16.4. The van der Waals surface area contributed by atoms with E-state index < -0.39 is 0 Å². The molecule has 0 bridgehead atoms. The molecule has 1 aliphatic carbocycles. The zero-order chi connectivity index (χ0) is 13.5. The molecule has 1 amide bonds. The molecule has 2 aliphatic rings. The third-order valence-corrected chi connectivity index (χ3v) is 4.42. The third-order valence-electron chi connectivity index (χ3n) is 4.42. The SMILES string of the molecule is CN(CC(=O)N1CCNCC1)CC1CCCCCC1. The summed E-state index contributed by atoms with van der Waals surface area (Å²) >= 11 is 0. The lowest BCUT2D eigenvalue weighted by Gasteiger charge is -2.30. The lowest BCUT2D eigenvalue weighted by Crippen LogP contribution is -2.49. The lowest BCUT2D eigenvalue weighted by atomic mass is 10.00. The highest BCUT2D eigenvalue weighted by atomic mass is 16.2. The van der Waals surface area contributed by atoms with Gasteiger partial charge in [0, 0.05) is 32.7 Å². The van der Waals surface area contributed by atoms with E-state index in [1.807, 2.05) is 4.90 Å². The van der Waals surface area contributed by atoms with Crippen LogP contribution in [0.2, 0.25) is 0 Å². The van der Waals surface area contributed by atoms with Crippen LogP contribution in [0.1, 0.15) is 38.5 Å². The summed E-state index contributed by atoms with van der Waals surface area (Å²) in [5, 5.41) is 3.29. The first-order valence-corrected chi connectivity index (χ1v) is 7.93. The summed E-state index contributed by atoms with van der Waals surface area (Å²) in [5.41, 5.74) is 0. The molecule has 0 radical (unpaired) electrons. The van der Waals surface area contributed by atoms with E-state index in [4.69, 9.17) is 0 Å². The summed E-state index contributed by atoms with van der Waals surface area (Å²) < 4.78 is 0. The average Bonchev–Trinajstić information content (AvgIpc) is 2.68. The standard InChI is InChI=1S/C15H29N3O/c1-17(12-14-6-4-2-3-5-7-14)13-15(19)18-10-8-16-9-11-18/h14,16H,2-13H2,1H3. The van der Waals surface area contributed by atoms with Crippen LogP contribution in [0.3, 0.4) is 0 Å². The number of nitrogens with zero attached hydrogens (tertiary/aromatic N) is 2. The molecule has 2 fully saturated rings. The van der Waals surface area contributed by atoms with Crippen molar-refractivity contribution in [3.8, 4) is 0 Å². The van der Waals surface area contributed by atoms with Crippen molar-refractivity contribution in [3.05, 3.63) is 0 Å². The second-order valence-corrected chi connectivity index (χ2v) is 6.19. The number of hydrogen-bond donors (Lipinski definition) is 1. The van der Waals surface area contributed by atoms with Crippen LogP contribution in [0.4, 0.5) is 0 Å². The first-order valence-electron chi connectivity index (χ1n) is 7.93. The number of amides is 1. The predicted molar refractivity (Wildman–Crippen MR) is 78.1 cm³/mol. The van der Waals surface area contributed by atoms with Crippen LogP contribution >= 0.6 is 0 Å². The Balaban J connectivity index is 1.70. The van der Waals surface area contributed by atoms with Gasteiger partial charge in [0.2, 0.25) is 5.91 Å². The van der Waals surface area contributed by atoms with E-state index in [2.05, 4.69) is 17.3 Å². The van der Waals surface area contributed by atoms with Crippen LogP contribution < -0.4 is 5.32 Å². The molecule has 2 rings (SSSR count). The Bertz CT molecular complexity index is 269. The smallest absolute Gasteiger partial charge is 0.236 e. The van der Waals surface area contributed by atoms with Gasteiger partial charge in [0.25, 0.3) is 0 Å². The van der Waals surface area contributed by atoms with Gasteiger partial charge in [-0.25, -0.2) is 0 Å². The molecule has 1 N–H and O–H groups in total. The number of carbonyl (C=O) groups is 1. The van der Waals surface area contributed by atoms with Crippen molar-refractivity contribution in [3.63, 3.8) is 0 Å². The number of rotatable bonds is 4. The van der Waals surface area contributed by atoms with Crippen LogP contribution in [-0.2, 0) is 4.79 Å². The summed E-state index contributed by atoms with van der Waals surface area (Å²) in [6.45, 7) is 5.32. The number of hydrogen-bond acceptors (Lipinski definition) is 3. The Morgan fingerprint density at radius 2 is 1.79 bits per heavy atom. The summed E-state index contributed by atoms with van der Waals surface area (Å²) in [6, 6.07) is 0. The summed E-state index contributed by atoms with van der Waals surface area (Å²) in [5.74, 6) is 1.11. The largest absolute Gasteiger partial charge is 0.339 e. The van der Waals surface area contributed by atoms with Crippen molar-refractivity contribution < 1.29 is 4.79 Å². The molecule has 0 aromatic rings. The Labute approximate surface area is 117 Å². The minimum Gasteiger partial charge on any atom is -0.339 e. The van der Waals surface area contributed by atoms with Gasteiger partial charge in [-0.05, 0) is 25.8 Å². The van der Waals surface area contributed by atoms with Crippen molar-refractivity contribution in [1.29, 1.82) is 0 Å². The molecule has 0 spiro atoms. The zero-order valence-corrected chi connectivity index (χ0v) is 12.4. The van der Waals surface area contributed by atoms with Crippen LogP contribution in [0.15, 0.2) is 0 Å². The Morgan fingerprint density at radius 3 is 2.42 bits per heavy atom. The van der Waals surface area contributed by atoms with Crippen LogP contribution in [-0.4, -0.2) is 62.0 Å². The maximum atomic E-state index is 12.2. The molecule has 19 heavy (non-hydrogen) atoms. The predicted octanol–water partition coefficient (Wildman–Crippen LogP) is 1.32. The molecule has 1 heterocycles. The molecular formula is C15H29N3O. The van der Waals surface area contributed by atoms with Gasteiger partial charge >= 0.3 is 0 Å². The van der Waals surface area contributed by atoms with Crippen molar-refractivity contribution in [2.75, 3.05) is 46.3 Å². The van der Waals surface area contributed by atoms with Crippen molar-refractivity contribution in [2.45, 2.75) is 38.5 Å². The molecular weight excluding hydrogens is 238 g/mol. The topological polar surface area (TPSA) is 35.6 Å². The molecule has 1 aliphatic heterocycles. The van der Waals surface area contributed by atoms with E-state index in [0.29, 0.717) is 12.5 Å². The fourth-order valence-electron chi connectivity index (χ4n) is 3.30. The molecule has 4 heteroatoms. The van der Waals surface area contributed by atoms with Crippen molar-refractivity contribution in [1.82, 2.24) is 15.1 Å². The van der Waals surface area contributed by atoms with Crippen LogP contribution in [0.25, 0.3) is 0 Å². The van der Waals surface area contributed by atoms with Gasteiger partial charge in [0.15, 0.2) is 0 Å². The summed E-state index contributed by atoms with van der Waals surface area (Å²) in [7, 11) is 2.10. The Hall–Kier alpha value is -0.610. The number of nitrogens with one attached hydrogen (secondary N) is 1. The second kappa shape index (κ2) is 7.85. The van der Waals surface area contributed by atoms with E-state index in [0.717, 1.165) is 38.6 Å². The van der Waals surface area contributed by atoms with Gasteiger partial charge in [-0.1, -0.05) is 25.7 Å². The minimum absolute atomic E-state index is 0.303. The Morgan fingerprint density at radius 1 is 1.16 bits per heavy atom. The normalized spacial score (nSPS) is 22.5. The average molecular weight is 267 g/mol. The van der Waals surface area contributed by atoms with E-state index in [-0.39, 0.29) is 0 Å².